The predicted octanol–water partition coefficient (Wildman–Crippen LogP) is 4.83. The Labute approximate surface area is 152 Å². The second kappa shape index (κ2) is 8.41. The summed E-state index contributed by atoms with van der Waals surface area (Å²) in [7, 11) is 0. The van der Waals surface area contributed by atoms with Gasteiger partial charge in [-0.3, -0.25) is 4.79 Å². The van der Waals surface area contributed by atoms with Crippen LogP contribution in [0.1, 0.15) is 5.56 Å². The highest BCUT2D eigenvalue weighted by Gasteiger charge is 2.05. The molecule has 0 bridgehead atoms. The van der Waals surface area contributed by atoms with Crippen LogP contribution in [0.4, 0.5) is 0 Å². The molecule has 0 unspecified atom stereocenters. The van der Waals surface area contributed by atoms with Gasteiger partial charge in [0.15, 0.2) is 6.61 Å². The average molecular weight is 392 g/mol. The maximum Gasteiger partial charge on any atom is 0.277 e. The molecule has 0 saturated carbocycles. The van der Waals surface area contributed by atoms with Crippen molar-refractivity contribution in [3.05, 3.63) is 62.1 Å². The SMILES string of the molecule is O=C(COc1ccc(Cl)cc1Cl)NN=Cc1ccc(Cl)c(Cl)c1. The van der Waals surface area contributed by atoms with Crippen LogP contribution in [0.15, 0.2) is 41.5 Å². The standard InChI is InChI=1S/C15H10Cl4N2O2/c16-10-2-4-14(13(19)6-10)23-8-15(22)21-20-7-9-1-3-11(17)12(18)5-9/h1-7H,8H2,(H,21,22). The molecule has 0 spiro atoms. The molecule has 0 aromatic heterocycles. The number of nitrogens with zero attached hydrogens (tertiary/aromatic N) is 1. The van der Waals surface area contributed by atoms with E-state index >= 15 is 0 Å². The Balaban J connectivity index is 1.85. The number of carbonyl (C=O) groups is 1. The molecule has 0 aliphatic carbocycles. The Kier molecular flexibility index (Phi) is 6.54. The van der Waals surface area contributed by atoms with E-state index in [2.05, 4.69) is 10.5 Å². The molecule has 2 rings (SSSR count). The van der Waals surface area contributed by atoms with E-state index in [1.54, 1.807) is 30.3 Å². The number of halogens is 4. The first-order chi connectivity index (χ1) is 11.0. The van der Waals surface area contributed by atoms with E-state index in [1.165, 1.54) is 12.3 Å². The number of hydrazone groups is 1. The molecule has 0 heterocycles. The van der Waals surface area contributed by atoms with Gasteiger partial charge in [-0.15, -0.1) is 0 Å². The first-order valence-electron chi connectivity index (χ1n) is 6.30. The number of nitrogens with one attached hydrogen (secondary N) is 1. The molecule has 4 nitrogen and oxygen atoms in total. The van der Waals surface area contributed by atoms with Crippen LogP contribution < -0.4 is 10.2 Å². The number of ether oxygens (including phenoxy) is 1. The highest BCUT2D eigenvalue weighted by atomic mass is 35.5. The van der Waals surface area contributed by atoms with E-state index in [1.807, 2.05) is 0 Å². The molecule has 0 saturated heterocycles. The summed E-state index contributed by atoms with van der Waals surface area (Å²) < 4.78 is 5.28. The first kappa shape index (κ1) is 17.9. The lowest BCUT2D eigenvalue weighted by molar-refractivity contribution is -0.123. The second-order valence-corrected chi connectivity index (χ2v) is 5.99. The average Bonchev–Trinajstić information content (AvgIpc) is 2.50. The molecule has 0 fully saturated rings. The fourth-order valence-corrected chi connectivity index (χ4v) is 2.31. The molecular formula is C15H10Cl4N2O2. The fourth-order valence-electron chi connectivity index (χ4n) is 1.54. The van der Waals surface area contributed by atoms with Crippen LogP contribution in [0.3, 0.4) is 0 Å². The Morgan fingerprint density at radius 3 is 2.52 bits per heavy atom. The fraction of sp³-hybridized carbons (Fsp3) is 0.0667. The minimum absolute atomic E-state index is 0.236. The van der Waals surface area contributed by atoms with Crippen LogP contribution >= 0.6 is 46.4 Å². The predicted molar refractivity (Wildman–Crippen MR) is 94.2 cm³/mol. The van der Waals surface area contributed by atoms with Crippen molar-refractivity contribution in [2.45, 2.75) is 0 Å². The molecule has 2 aromatic carbocycles. The van der Waals surface area contributed by atoms with E-state index in [0.717, 1.165) is 0 Å². The summed E-state index contributed by atoms with van der Waals surface area (Å²) >= 11 is 23.4. The minimum atomic E-state index is -0.438. The number of benzene rings is 2. The van der Waals surface area contributed by atoms with Gasteiger partial charge < -0.3 is 4.74 Å². The zero-order valence-electron chi connectivity index (χ0n) is 11.5. The normalized spacial score (nSPS) is 10.8. The summed E-state index contributed by atoms with van der Waals surface area (Å²) in [4.78, 5) is 11.6. The smallest absolute Gasteiger partial charge is 0.277 e. The van der Waals surface area contributed by atoms with Crippen molar-refractivity contribution in [3.8, 4) is 5.75 Å². The highest BCUT2D eigenvalue weighted by Crippen LogP contribution is 2.27. The van der Waals surface area contributed by atoms with Gasteiger partial charge in [0.2, 0.25) is 0 Å². The molecule has 23 heavy (non-hydrogen) atoms. The second-order valence-electron chi connectivity index (χ2n) is 4.33. The van der Waals surface area contributed by atoms with Crippen LogP contribution in [0.5, 0.6) is 5.75 Å². The third kappa shape index (κ3) is 5.59. The van der Waals surface area contributed by atoms with Crippen molar-refractivity contribution < 1.29 is 9.53 Å². The largest absolute Gasteiger partial charge is 0.482 e. The summed E-state index contributed by atoms with van der Waals surface area (Å²) in [5.74, 6) is -0.0768. The Morgan fingerprint density at radius 1 is 1.04 bits per heavy atom. The monoisotopic (exact) mass is 390 g/mol. The van der Waals surface area contributed by atoms with Gasteiger partial charge in [-0.1, -0.05) is 52.5 Å². The topological polar surface area (TPSA) is 50.7 Å². The van der Waals surface area contributed by atoms with Gasteiger partial charge in [-0.05, 0) is 35.9 Å². The molecule has 1 N–H and O–H groups in total. The molecule has 0 radical (unpaired) electrons. The van der Waals surface area contributed by atoms with Gasteiger partial charge in [0.25, 0.3) is 5.91 Å². The molecule has 0 aliphatic heterocycles. The van der Waals surface area contributed by atoms with Gasteiger partial charge in [0.1, 0.15) is 5.75 Å². The molecule has 2 aromatic rings. The molecule has 120 valence electrons. The number of amides is 1. The van der Waals surface area contributed by atoms with Gasteiger partial charge in [0, 0.05) is 5.02 Å². The molecule has 8 heteroatoms. The number of carbonyl (C=O) groups excluding carboxylic acids is 1. The van der Waals surface area contributed by atoms with Crippen LogP contribution in [0.25, 0.3) is 0 Å². The summed E-state index contributed by atoms with van der Waals surface area (Å²) in [6.07, 6.45) is 1.44. The van der Waals surface area contributed by atoms with Crippen molar-refractivity contribution in [3.63, 3.8) is 0 Å². The minimum Gasteiger partial charge on any atom is -0.482 e. The first-order valence-corrected chi connectivity index (χ1v) is 7.81. The summed E-state index contributed by atoms with van der Waals surface area (Å²) in [6.45, 7) is -0.236. The van der Waals surface area contributed by atoms with Crippen LogP contribution in [-0.4, -0.2) is 18.7 Å². The van der Waals surface area contributed by atoms with Gasteiger partial charge in [-0.2, -0.15) is 5.10 Å². The van der Waals surface area contributed by atoms with E-state index < -0.39 is 5.91 Å². The maximum atomic E-state index is 11.6. The van der Waals surface area contributed by atoms with Crippen LogP contribution in [0, 0.1) is 0 Å². The van der Waals surface area contributed by atoms with Crippen LogP contribution in [0.2, 0.25) is 20.1 Å². The summed E-state index contributed by atoms with van der Waals surface area (Å²) in [5, 5.41) is 5.46. The van der Waals surface area contributed by atoms with Crippen molar-refractivity contribution in [1.29, 1.82) is 0 Å². The molecule has 1 amide bonds. The van der Waals surface area contributed by atoms with Gasteiger partial charge in [0.05, 0.1) is 21.3 Å². The van der Waals surface area contributed by atoms with Crippen molar-refractivity contribution in [1.82, 2.24) is 5.43 Å². The Morgan fingerprint density at radius 2 is 1.83 bits per heavy atom. The third-order valence-corrected chi connectivity index (χ3v) is 3.87. The highest BCUT2D eigenvalue weighted by molar-refractivity contribution is 6.42. The Bertz CT molecular complexity index is 750. The summed E-state index contributed by atoms with van der Waals surface area (Å²) in [5.41, 5.74) is 3.02. The zero-order chi connectivity index (χ0) is 16.8. The number of hydrogen-bond acceptors (Lipinski definition) is 3. The number of rotatable bonds is 5. The van der Waals surface area contributed by atoms with E-state index in [9.17, 15) is 4.79 Å². The summed E-state index contributed by atoms with van der Waals surface area (Å²) in [6, 6.07) is 9.70. The van der Waals surface area contributed by atoms with Crippen molar-refractivity contribution in [2.75, 3.05) is 6.61 Å². The molecular weight excluding hydrogens is 382 g/mol. The number of hydrogen-bond donors (Lipinski definition) is 1. The maximum absolute atomic E-state index is 11.6. The Hall–Kier alpha value is -1.46. The van der Waals surface area contributed by atoms with E-state index in [-0.39, 0.29) is 6.61 Å². The van der Waals surface area contributed by atoms with Crippen molar-refractivity contribution >= 4 is 58.5 Å². The van der Waals surface area contributed by atoms with E-state index in [0.29, 0.717) is 31.4 Å². The quantitative estimate of drug-likeness (QED) is 0.586. The zero-order valence-corrected chi connectivity index (χ0v) is 14.5. The lowest BCUT2D eigenvalue weighted by atomic mass is 10.2. The van der Waals surface area contributed by atoms with Crippen LogP contribution in [-0.2, 0) is 4.79 Å². The molecule has 0 aliphatic rings. The van der Waals surface area contributed by atoms with Gasteiger partial charge in [-0.25, -0.2) is 5.43 Å². The van der Waals surface area contributed by atoms with Gasteiger partial charge >= 0.3 is 0 Å². The van der Waals surface area contributed by atoms with Crippen molar-refractivity contribution in [2.24, 2.45) is 5.10 Å². The van der Waals surface area contributed by atoms with E-state index in [4.69, 9.17) is 51.1 Å². The molecule has 0 atom stereocenters. The lowest BCUT2D eigenvalue weighted by Crippen LogP contribution is -2.24. The third-order valence-electron chi connectivity index (χ3n) is 2.60. The lowest BCUT2D eigenvalue weighted by Gasteiger charge is -2.07.